The molecule has 0 fully saturated rings. The summed E-state index contributed by atoms with van der Waals surface area (Å²) in [7, 11) is 2.93. The number of Topliss-reactive ketones (excluding diaryl/α,β-unsaturated/α-hetero) is 1. The van der Waals surface area contributed by atoms with Crippen molar-refractivity contribution < 1.29 is 19.1 Å². The summed E-state index contributed by atoms with van der Waals surface area (Å²) in [4.78, 5) is 24.8. The van der Waals surface area contributed by atoms with E-state index in [0.717, 1.165) is 17.1 Å². The highest BCUT2D eigenvalue weighted by molar-refractivity contribution is 7.99. The van der Waals surface area contributed by atoms with Gasteiger partial charge in [-0.1, -0.05) is 23.9 Å². The number of carbonyl (C=O) groups is 2. The predicted molar refractivity (Wildman–Crippen MR) is 127 cm³/mol. The summed E-state index contributed by atoms with van der Waals surface area (Å²) in [6.45, 7) is 3.84. The molecule has 10 heteroatoms. The Bertz CT molecular complexity index is 1340. The van der Waals surface area contributed by atoms with E-state index >= 15 is 0 Å². The number of esters is 1. The van der Waals surface area contributed by atoms with Crippen molar-refractivity contribution >= 4 is 23.5 Å². The topological polar surface area (TPSA) is 101 Å². The van der Waals surface area contributed by atoms with Crippen LogP contribution in [0.5, 0.6) is 5.75 Å². The summed E-state index contributed by atoms with van der Waals surface area (Å²) in [5, 5.41) is 12.4. The lowest BCUT2D eigenvalue weighted by atomic mass is 10.2. The molecule has 0 radical (unpaired) electrons. The zero-order valence-electron chi connectivity index (χ0n) is 19.2. The monoisotopic (exact) mass is 477 g/mol. The van der Waals surface area contributed by atoms with E-state index in [-0.39, 0.29) is 11.5 Å². The first-order chi connectivity index (χ1) is 16.4. The van der Waals surface area contributed by atoms with Gasteiger partial charge in [-0.2, -0.15) is 4.68 Å². The molecule has 0 bridgehead atoms. The molecule has 0 aliphatic carbocycles. The van der Waals surface area contributed by atoms with Crippen LogP contribution in [0.15, 0.2) is 59.8 Å². The molecule has 0 N–H and O–H groups in total. The number of aromatic nitrogens is 5. The van der Waals surface area contributed by atoms with Crippen LogP contribution >= 0.6 is 11.8 Å². The van der Waals surface area contributed by atoms with Crippen molar-refractivity contribution in [2.75, 3.05) is 20.0 Å². The van der Waals surface area contributed by atoms with Gasteiger partial charge in [0.05, 0.1) is 25.5 Å². The highest BCUT2D eigenvalue weighted by Gasteiger charge is 2.20. The molecule has 2 heterocycles. The molecule has 0 aliphatic heterocycles. The summed E-state index contributed by atoms with van der Waals surface area (Å²) >= 11 is 1.26. The number of benzene rings is 2. The van der Waals surface area contributed by atoms with Crippen molar-refractivity contribution in [3.05, 3.63) is 77.1 Å². The number of nitrogens with zero attached hydrogens (tertiary/aromatic N) is 5. The van der Waals surface area contributed by atoms with E-state index in [1.807, 2.05) is 60.9 Å². The molecule has 0 unspecified atom stereocenters. The van der Waals surface area contributed by atoms with Gasteiger partial charge in [0.1, 0.15) is 11.4 Å². The molecule has 0 atom stereocenters. The van der Waals surface area contributed by atoms with E-state index in [1.54, 1.807) is 23.9 Å². The summed E-state index contributed by atoms with van der Waals surface area (Å²) < 4.78 is 13.7. The van der Waals surface area contributed by atoms with Gasteiger partial charge in [-0.3, -0.25) is 4.79 Å². The molecule has 4 rings (SSSR count). The van der Waals surface area contributed by atoms with E-state index in [1.165, 1.54) is 18.9 Å². The lowest BCUT2D eigenvalue weighted by Gasteiger charge is -2.11. The molecule has 174 valence electrons. The normalized spacial score (nSPS) is 10.8. The average Bonchev–Trinajstić information content (AvgIpc) is 3.45. The van der Waals surface area contributed by atoms with Gasteiger partial charge in [-0.25, -0.2) is 4.79 Å². The third-order valence-electron chi connectivity index (χ3n) is 5.36. The second kappa shape index (κ2) is 9.92. The fourth-order valence-corrected chi connectivity index (χ4v) is 4.51. The summed E-state index contributed by atoms with van der Waals surface area (Å²) in [5.41, 5.74) is 4.37. The average molecular weight is 478 g/mol. The number of ketones is 1. The first kappa shape index (κ1) is 23.2. The number of ether oxygens (including phenoxy) is 2. The van der Waals surface area contributed by atoms with Gasteiger partial charge >= 0.3 is 5.97 Å². The molecule has 2 aromatic heterocycles. The molecule has 0 spiro atoms. The standard InChI is InChI=1S/C24H23N5O4S/c1-15-13-19(16(2)28(15)18-11-9-17(10-12-18)23(31)33-4)21(30)14-34-24-25-26-27-29(24)20-7-5-6-8-22(20)32-3/h5-13H,14H2,1-4H3. The molecule has 0 aliphatic rings. The summed E-state index contributed by atoms with van der Waals surface area (Å²) in [6, 6.07) is 16.3. The van der Waals surface area contributed by atoms with Crippen molar-refractivity contribution in [2.24, 2.45) is 0 Å². The Balaban J connectivity index is 1.54. The highest BCUT2D eigenvalue weighted by atomic mass is 32.2. The number of methoxy groups -OCH3 is 2. The van der Waals surface area contributed by atoms with Crippen molar-refractivity contribution in [1.82, 2.24) is 24.8 Å². The molecule has 2 aromatic carbocycles. The number of para-hydroxylation sites is 2. The van der Waals surface area contributed by atoms with E-state index in [0.29, 0.717) is 27.7 Å². The molecular weight excluding hydrogens is 454 g/mol. The van der Waals surface area contributed by atoms with Crippen LogP contribution in [0.2, 0.25) is 0 Å². The lowest BCUT2D eigenvalue weighted by Crippen LogP contribution is -2.07. The van der Waals surface area contributed by atoms with Gasteiger partial charge in [0.25, 0.3) is 0 Å². The van der Waals surface area contributed by atoms with E-state index in [9.17, 15) is 9.59 Å². The van der Waals surface area contributed by atoms with E-state index in [2.05, 4.69) is 15.5 Å². The number of rotatable bonds is 8. The van der Waals surface area contributed by atoms with Crippen LogP contribution in [-0.4, -0.2) is 56.5 Å². The second-order valence-electron chi connectivity index (χ2n) is 7.42. The van der Waals surface area contributed by atoms with Gasteiger partial charge in [-0.05, 0) is 66.7 Å². The van der Waals surface area contributed by atoms with Crippen LogP contribution in [-0.2, 0) is 4.74 Å². The third-order valence-corrected chi connectivity index (χ3v) is 6.28. The van der Waals surface area contributed by atoms with Crippen molar-refractivity contribution in [1.29, 1.82) is 0 Å². The number of tetrazole rings is 1. The molecule has 9 nitrogen and oxygen atoms in total. The molecule has 4 aromatic rings. The Morgan fingerprint density at radius 2 is 1.76 bits per heavy atom. The number of hydrogen-bond donors (Lipinski definition) is 0. The number of carbonyl (C=O) groups excluding carboxylic acids is 2. The van der Waals surface area contributed by atoms with Crippen LogP contribution in [0.1, 0.15) is 32.1 Å². The molecule has 0 saturated heterocycles. The maximum atomic E-state index is 13.1. The van der Waals surface area contributed by atoms with Crippen LogP contribution in [0.25, 0.3) is 11.4 Å². The van der Waals surface area contributed by atoms with Gasteiger partial charge in [0.15, 0.2) is 5.78 Å². The first-order valence-corrected chi connectivity index (χ1v) is 11.4. The van der Waals surface area contributed by atoms with Crippen LogP contribution < -0.4 is 4.74 Å². The van der Waals surface area contributed by atoms with Gasteiger partial charge in [0.2, 0.25) is 5.16 Å². The van der Waals surface area contributed by atoms with Gasteiger partial charge in [-0.15, -0.1) is 5.10 Å². The Morgan fingerprint density at radius 1 is 1.03 bits per heavy atom. The fraction of sp³-hybridized carbons (Fsp3) is 0.208. The van der Waals surface area contributed by atoms with Crippen molar-refractivity contribution in [3.63, 3.8) is 0 Å². The van der Waals surface area contributed by atoms with Gasteiger partial charge in [0, 0.05) is 22.6 Å². The maximum Gasteiger partial charge on any atom is 0.337 e. The van der Waals surface area contributed by atoms with Crippen LogP contribution in [0, 0.1) is 13.8 Å². The van der Waals surface area contributed by atoms with Crippen LogP contribution in [0.4, 0.5) is 0 Å². The highest BCUT2D eigenvalue weighted by Crippen LogP contribution is 2.27. The first-order valence-electron chi connectivity index (χ1n) is 10.4. The predicted octanol–water partition coefficient (Wildman–Crippen LogP) is 3.84. The van der Waals surface area contributed by atoms with E-state index < -0.39 is 5.97 Å². The molecular formula is C24H23N5O4S. The van der Waals surface area contributed by atoms with E-state index in [4.69, 9.17) is 9.47 Å². The molecule has 0 saturated carbocycles. The van der Waals surface area contributed by atoms with Crippen molar-refractivity contribution in [2.45, 2.75) is 19.0 Å². The number of aryl methyl sites for hydroxylation is 1. The minimum Gasteiger partial charge on any atom is -0.494 e. The maximum absolute atomic E-state index is 13.1. The SMILES string of the molecule is COC(=O)c1ccc(-n2c(C)cc(C(=O)CSc3nnnn3-c3ccccc3OC)c2C)cc1. The summed E-state index contributed by atoms with van der Waals surface area (Å²) in [5.74, 6) is 0.367. The largest absolute Gasteiger partial charge is 0.494 e. The Hall–Kier alpha value is -3.92. The van der Waals surface area contributed by atoms with Gasteiger partial charge < -0.3 is 14.0 Å². The molecule has 0 amide bonds. The zero-order chi connectivity index (χ0) is 24.2. The Labute approximate surface area is 200 Å². The smallest absolute Gasteiger partial charge is 0.337 e. The van der Waals surface area contributed by atoms with Crippen molar-refractivity contribution in [3.8, 4) is 17.1 Å². The molecule has 34 heavy (non-hydrogen) atoms. The third kappa shape index (κ3) is 4.44. The second-order valence-corrected chi connectivity index (χ2v) is 8.36. The quantitative estimate of drug-likeness (QED) is 0.214. The number of hydrogen-bond acceptors (Lipinski definition) is 8. The van der Waals surface area contributed by atoms with Crippen LogP contribution in [0.3, 0.4) is 0 Å². The Kier molecular flexibility index (Phi) is 6.78. The minimum absolute atomic E-state index is 0.0369. The minimum atomic E-state index is -0.393. The zero-order valence-corrected chi connectivity index (χ0v) is 20.0. The Morgan fingerprint density at radius 3 is 2.47 bits per heavy atom. The fourth-order valence-electron chi connectivity index (χ4n) is 3.74. The number of thioether (sulfide) groups is 1. The lowest BCUT2D eigenvalue weighted by molar-refractivity contribution is 0.0600. The summed E-state index contributed by atoms with van der Waals surface area (Å²) in [6.07, 6.45) is 0.